The molecule has 1 atom stereocenters. The first-order valence-corrected chi connectivity index (χ1v) is 7.45. The van der Waals surface area contributed by atoms with Crippen molar-refractivity contribution in [1.29, 1.82) is 0 Å². The number of hydrogen-bond acceptors (Lipinski definition) is 2. The zero-order valence-electron chi connectivity index (χ0n) is 11.4. The van der Waals surface area contributed by atoms with E-state index in [2.05, 4.69) is 10.6 Å². The topological polar surface area (TPSA) is 58.2 Å². The van der Waals surface area contributed by atoms with E-state index >= 15 is 0 Å². The molecule has 6 heteroatoms. The molecule has 0 aromatic heterocycles. The third kappa shape index (κ3) is 2.80. The summed E-state index contributed by atoms with van der Waals surface area (Å²) in [5.74, 6) is -0.995. The largest absolute Gasteiger partial charge is 0.325 e. The lowest BCUT2D eigenvalue weighted by atomic mass is 9.97. The van der Waals surface area contributed by atoms with Crippen LogP contribution in [0.3, 0.4) is 0 Å². The molecule has 0 aliphatic carbocycles. The second-order valence-electron chi connectivity index (χ2n) is 4.98. The van der Waals surface area contributed by atoms with Crippen LogP contribution < -0.4 is 10.6 Å². The van der Waals surface area contributed by atoms with Gasteiger partial charge in [-0.15, -0.1) is 0 Å². The number of fused-ring (bicyclic) bond motifs is 1. The normalized spacial score (nSPS) is 16.1. The number of anilines is 2. The molecule has 2 N–H and O–H groups in total. The summed E-state index contributed by atoms with van der Waals surface area (Å²) in [7, 11) is 0. The average molecular weight is 335 g/mol. The fourth-order valence-corrected chi connectivity index (χ4v) is 2.96. The summed E-state index contributed by atoms with van der Waals surface area (Å²) in [4.78, 5) is 24.2. The predicted octanol–water partition coefficient (Wildman–Crippen LogP) is 4.06. The monoisotopic (exact) mass is 334 g/mol. The number of hydrogen-bond donors (Lipinski definition) is 2. The smallest absolute Gasteiger partial charge is 0.232 e. The third-order valence-corrected chi connectivity index (χ3v) is 4.16. The van der Waals surface area contributed by atoms with E-state index in [1.165, 1.54) is 0 Å². The molecule has 2 amide bonds. The molecule has 2 aromatic rings. The molecule has 112 valence electrons. The maximum Gasteiger partial charge on any atom is 0.232 e. The molecule has 1 unspecified atom stereocenters. The van der Waals surface area contributed by atoms with Crippen LogP contribution in [0.15, 0.2) is 42.5 Å². The average Bonchev–Trinajstić information content (AvgIpc) is 2.79. The quantitative estimate of drug-likeness (QED) is 0.889. The van der Waals surface area contributed by atoms with Gasteiger partial charge in [-0.05, 0) is 23.8 Å². The molecule has 22 heavy (non-hydrogen) atoms. The van der Waals surface area contributed by atoms with Crippen LogP contribution in [0, 0.1) is 0 Å². The van der Waals surface area contributed by atoms with Crippen LogP contribution in [0.5, 0.6) is 0 Å². The highest BCUT2D eigenvalue weighted by molar-refractivity contribution is 6.39. The molecular weight excluding hydrogens is 323 g/mol. The van der Waals surface area contributed by atoms with Crippen LogP contribution in [0.4, 0.5) is 11.4 Å². The van der Waals surface area contributed by atoms with Crippen LogP contribution in [-0.4, -0.2) is 11.8 Å². The van der Waals surface area contributed by atoms with Gasteiger partial charge >= 0.3 is 0 Å². The van der Waals surface area contributed by atoms with E-state index in [0.29, 0.717) is 15.7 Å². The summed E-state index contributed by atoms with van der Waals surface area (Å²) in [6.45, 7) is 0. The lowest BCUT2D eigenvalue weighted by Gasteiger charge is -2.11. The number of halogens is 2. The Hall–Kier alpha value is -2.04. The van der Waals surface area contributed by atoms with Gasteiger partial charge in [0.1, 0.15) is 0 Å². The van der Waals surface area contributed by atoms with Crippen molar-refractivity contribution in [3.8, 4) is 0 Å². The van der Waals surface area contributed by atoms with Gasteiger partial charge in [0.05, 0.1) is 21.7 Å². The van der Waals surface area contributed by atoms with Gasteiger partial charge in [-0.3, -0.25) is 9.59 Å². The van der Waals surface area contributed by atoms with Crippen LogP contribution in [-0.2, 0) is 9.59 Å². The first-order chi connectivity index (χ1) is 10.6. The van der Waals surface area contributed by atoms with Gasteiger partial charge in [0.25, 0.3) is 0 Å². The van der Waals surface area contributed by atoms with Crippen molar-refractivity contribution in [2.45, 2.75) is 12.3 Å². The molecule has 3 rings (SSSR count). The van der Waals surface area contributed by atoms with Gasteiger partial charge in [0.15, 0.2) is 0 Å². The highest BCUT2D eigenvalue weighted by Gasteiger charge is 2.32. The number of nitrogens with one attached hydrogen (secondary N) is 2. The number of rotatable bonds is 3. The number of carbonyl (C=O) groups excluding carboxylic acids is 2. The summed E-state index contributed by atoms with van der Waals surface area (Å²) < 4.78 is 0. The summed E-state index contributed by atoms with van der Waals surface area (Å²) in [5, 5.41) is 6.16. The Labute approximate surface area is 137 Å². The zero-order chi connectivity index (χ0) is 15.7. The molecule has 1 aliphatic heterocycles. The van der Waals surface area contributed by atoms with Crippen molar-refractivity contribution in [1.82, 2.24) is 0 Å². The van der Waals surface area contributed by atoms with E-state index in [1.54, 1.807) is 18.2 Å². The lowest BCUT2D eigenvalue weighted by molar-refractivity contribution is -0.122. The van der Waals surface area contributed by atoms with Crippen LogP contribution in [0.1, 0.15) is 17.9 Å². The van der Waals surface area contributed by atoms with Crippen molar-refractivity contribution in [3.63, 3.8) is 0 Å². The Morgan fingerprint density at radius 1 is 1.09 bits per heavy atom. The number of para-hydroxylation sites is 2. The van der Waals surface area contributed by atoms with E-state index in [4.69, 9.17) is 23.2 Å². The summed E-state index contributed by atoms with van der Waals surface area (Å²) in [6, 6.07) is 12.3. The second kappa shape index (κ2) is 5.99. The number of amides is 2. The van der Waals surface area contributed by atoms with E-state index in [-0.39, 0.29) is 18.2 Å². The van der Waals surface area contributed by atoms with E-state index in [1.807, 2.05) is 24.3 Å². The zero-order valence-corrected chi connectivity index (χ0v) is 12.9. The summed E-state index contributed by atoms with van der Waals surface area (Å²) in [6.07, 6.45) is 0.0321. The molecule has 1 heterocycles. The maximum atomic E-state index is 12.2. The van der Waals surface area contributed by atoms with Crippen molar-refractivity contribution in [2.75, 3.05) is 10.6 Å². The summed E-state index contributed by atoms with van der Waals surface area (Å²) in [5.41, 5.74) is 1.94. The number of carbonyl (C=O) groups is 2. The van der Waals surface area contributed by atoms with Gasteiger partial charge in [0, 0.05) is 12.1 Å². The Morgan fingerprint density at radius 2 is 1.77 bits per heavy atom. The van der Waals surface area contributed by atoms with Gasteiger partial charge in [0.2, 0.25) is 11.8 Å². The minimum Gasteiger partial charge on any atom is -0.325 e. The van der Waals surface area contributed by atoms with E-state index in [0.717, 1.165) is 11.3 Å². The van der Waals surface area contributed by atoms with Crippen molar-refractivity contribution in [2.24, 2.45) is 0 Å². The Kier molecular flexibility index (Phi) is 4.05. The fraction of sp³-hybridized carbons (Fsp3) is 0.125. The number of benzene rings is 2. The second-order valence-corrected chi connectivity index (χ2v) is 5.79. The molecule has 0 bridgehead atoms. The van der Waals surface area contributed by atoms with Gasteiger partial charge in [-0.25, -0.2) is 0 Å². The molecule has 1 aliphatic rings. The molecule has 2 aromatic carbocycles. The molecular formula is C16H12Cl2N2O2. The highest BCUT2D eigenvalue weighted by Crippen LogP contribution is 2.35. The molecule has 4 nitrogen and oxygen atoms in total. The third-order valence-electron chi connectivity index (χ3n) is 3.53. The first-order valence-electron chi connectivity index (χ1n) is 6.70. The lowest BCUT2D eigenvalue weighted by Crippen LogP contribution is -2.20. The van der Waals surface area contributed by atoms with Crippen LogP contribution in [0.25, 0.3) is 0 Å². The van der Waals surface area contributed by atoms with Crippen molar-refractivity contribution < 1.29 is 9.59 Å². The summed E-state index contributed by atoms with van der Waals surface area (Å²) >= 11 is 12.0. The Bertz CT molecular complexity index is 741. The highest BCUT2D eigenvalue weighted by atomic mass is 35.5. The molecule has 0 spiro atoms. The molecule has 0 radical (unpaired) electrons. The first kappa shape index (κ1) is 14.9. The standard InChI is InChI=1S/C16H12Cl2N2O2/c17-11-5-3-6-12(18)15(11)20-14(21)8-10-9-4-1-2-7-13(9)19-16(10)22/h1-7,10H,8H2,(H,19,22)(H,20,21). The maximum absolute atomic E-state index is 12.2. The van der Waals surface area contributed by atoms with Gasteiger partial charge in [-0.2, -0.15) is 0 Å². The SMILES string of the molecule is O=C(CC1C(=O)Nc2ccccc21)Nc1c(Cl)cccc1Cl. The minimum atomic E-state index is -0.502. The van der Waals surface area contributed by atoms with Gasteiger partial charge < -0.3 is 10.6 Å². The van der Waals surface area contributed by atoms with E-state index in [9.17, 15) is 9.59 Å². The predicted molar refractivity (Wildman–Crippen MR) is 87.5 cm³/mol. The van der Waals surface area contributed by atoms with Crippen molar-refractivity contribution in [3.05, 3.63) is 58.1 Å². The Morgan fingerprint density at radius 3 is 2.50 bits per heavy atom. The van der Waals surface area contributed by atoms with Gasteiger partial charge in [-0.1, -0.05) is 47.5 Å². The Balaban J connectivity index is 1.77. The van der Waals surface area contributed by atoms with Crippen LogP contribution >= 0.6 is 23.2 Å². The minimum absolute atomic E-state index is 0.0321. The fourth-order valence-electron chi connectivity index (χ4n) is 2.47. The molecule has 0 saturated heterocycles. The van der Waals surface area contributed by atoms with Crippen molar-refractivity contribution >= 4 is 46.4 Å². The van der Waals surface area contributed by atoms with E-state index < -0.39 is 5.92 Å². The van der Waals surface area contributed by atoms with Crippen LogP contribution in [0.2, 0.25) is 10.0 Å². The molecule has 0 fully saturated rings. The molecule has 0 saturated carbocycles.